The van der Waals surface area contributed by atoms with E-state index in [2.05, 4.69) is 39.9 Å². The van der Waals surface area contributed by atoms with E-state index in [-0.39, 0.29) is 5.91 Å². The number of aliphatic imine (C=N–C) groups is 1. The molecule has 0 bridgehead atoms. The van der Waals surface area contributed by atoms with Crippen molar-refractivity contribution >= 4 is 35.1 Å². The van der Waals surface area contributed by atoms with Gasteiger partial charge in [-0.15, -0.1) is 0 Å². The largest absolute Gasteiger partial charge is 0.359 e. The van der Waals surface area contributed by atoms with Gasteiger partial charge in [-0.2, -0.15) is 0 Å². The Kier molecular flexibility index (Phi) is 7.94. The molecule has 2 rings (SSSR count). The maximum atomic E-state index is 12.1. The lowest BCUT2D eigenvalue weighted by atomic mass is 10.1. The number of halogens is 2. The predicted molar refractivity (Wildman–Crippen MR) is 108 cm³/mol. The number of carbonyl (C=O) groups excluding carboxylic acids is 1. The number of hydrogen-bond acceptors (Lipinski definition) is 4. The van der Waals surface area contributed by atoms with Crippen LogP contribution in [0.3, 0.4) is 0 Å². The number of guanidine groups is 1. The molecule has 2 aromatic rings. The van der Waals surface area contributed by atoms with E-state index in [1.54, 1.807) is 19.2 Å². The molecule has 27 heavy (non-hydrogen) atoms. The first kappa shape index (κ1) is 21.1. The van der Waals surface area contributed by atoms with Crippen LogP contribution in [0, 0.1) is 0 Å². The van der Waals surface area contributed by atoms with Gasteiger partial charge >= 0.3 is 0 Å². The fraction of sp³-hybridized carbons (Fsp3) is 0.389. The predicted octanol–water partition coefficient (Wildman–Crippen LogP) is 3.20. The summed E-state index contributed by atoms with van der Waals surface area (Å²) in [6.45, 7) is 5.50. The highest BCUT2D eigenvalue weighted by molar-refractivity contribution is 6.42. The smallest absolute Gasteiger partial charge is 0.251 e. The lowest BCUT2D eigenvalue weighted by Crippen LogP contribution is -2.41. The van der Waals surface area contributed by atoms with Crippen LogP contribution in [0.2, 0.25) is 10.0 Å². The van der Waals surface area contributed by atoms with Crippen molar-refractivity contribution in [1.82, 2.24) is 21.1 Å². The molecular formula is C18H23Cl2N5O2. The van der Waals surface area contributed by atoms with Gasteiger partial charge in [0, 0.05) is 31.8 Å². The first-order valence-corrected chi connectivity index (χ1v) is 9.29. The minimum atomic E-state index is -0.221. The van der Waals surface area contributed by atoms with E-state index in [1.807, 2.05) is 6.07 Å². The SMILES string of the molecule is CN=C(NCCNC(=O)c1ccc(Cl)c(Cl)c1)NCc1cc(C(C)C)no1. The number of hydrogen-bond donors (Lipinski definition) is 3. The Morgan fingerprint density at radius 1 is 1.15 bits per heavy atom. The number of carbonyl (C=O) groups is 1. The Balaban J connectivity index is 1.72. The van der Waals surface area contributed by atoms with Crippen molar-refractivity contribution in [3.8, 4) is 0 Å². The molecule has 1 amide bonds. The number of nitrogens with zero attached hydrogens (tertiary/aromatic N) is 2. The van der Waals surface area contributed by atoms with Gasteiger partial charge in [0.15, 0.2) is 11.7 Å². The second-order valence-electron chi connectivity index (χ2n) is 6.11. The van der Waals surface area contributed by atoms with Gasteiger partial charge in [0.05, 0.1) is 22.3 Å². The molecule has 9 heteroatoms. The van der Waals surface area contributed by atoms with E-state index in [0.29, 0.717) is 47.1 Å². The van der Waals surface area contributed by atoms with Crippen molar-refractivity contribution < 1.29 is 9.32 Å². The minimum absolute atomic E-state index is 0.221. The standard InChI is InChI=1S/C18H23Cl2N5O2/c1-11(2)16-9-13(27-25-16)10-24-18(21-3)23-7-6-22-17(26)12-4-5-14(19)15(20)8-12/h4-5,8-9,11H,6-7,10H2,1-3H3,(H,22,26)(H2,21,23,24). The van der Waals surface area contributed by atoms with Gasteiger partial charge in [-0.3, -0.25) is 9.79 Å². The fourth-order valence-electron chi connectivity index (χ4n) is 2.17. The maximum absolute atomic E-state index is 12.1. The third-order valence-corrected chi connectivity index (χ3v) is 4.45. The molecule has 0 spiro atoms. The Hall–Kier alpha value is -2.25. The molecule has 7 nitrogen and oxygen atoms in total. The van der Waals surface area contributed by atoms with Gasteiger partial charge in [0.1, 0.15) is 0 Å². The number of aromatic nitrogens is 1. The monoisotopic (exact) mass is 411 g/mol. The molecular weight excluding hydrogens is 389 g/mol. The van der Waals surface area contributed by atoms with Gasteiger partial charge in [-0.05, 0) is 24.1 Å². The maximum Gasteiger partial charge on any atom is 0.251 e. The van der Waals surface area contributed by atoms with Crippen LogP contribution in [-0.2, 0) is 6.54 Å². The molecule has 0 radical (unpaired) electrons. The highest BCUT2D eigenvalue weighted by Crippen LogP contribution is 2.22. The molecule has 0 fully saturated rings. The number of benzene rings is 1. The lowest BCUT2D eigenvalue weighted by molar-refractivity contribution is 0.0954. The van der Waals surface area contributed by atoms with Crippen molar-refractivity contribution in [2.24, 2.45) is 4.99 Å². The van der Waals surface area contributed by atoms with Crippen molar-refractivity contribution in [2.75, 3.05) is 20.1 Å². The Morgan fingerprint density at radius 3 is 2.52 bits per heavy atom. The number of amides is 1. The molecule has 0 atom stereocenters. The summed E-state index contributed by atoms with van der Waals surface area (Å²) < 4.78 is 5.27. The first-order valence-electron chi connectivity index (χ1n) is 8.54. The Labute approximate surface area is 168 Å². The third kappa shape index (κ3) is 6.45. The molecule has 0 aliphatic rings. The Bertz CT molecular complexity index is 805. The van der Waals surface area contributed by atoms with E-state index in [4.69, 9.17) is 27.7 Å². The average molecular weight is 412 g/mol. The van der Waals surface area contributed by atoms with Crippen LogP contribution in [0.25, 0.3) is 0 Å². The highest BCUT2D eigenvalue weighted by atomic mass is 35.5. The normalized spacial score (nSPS) is 11.6. The van der Waals surface area contributed by atoms with Crippen LogP contribution in [0.5, 0.6) is 0 Å². The molecule has 3 N–H and O–H groups in total. The molecule has 1 aromatic carbocycles. The highest BCUT2D eigenvalue weighted by Gasteiger charge is 2.09. The Morgan fingerprint density at radius 2 is 1.89 bits per heavy atom. The molecule has 1 aromatic heterocycles. The molecule has 0 saturated carbocycles. The average Bonchev–Trinajstić information content (AvgIpc) is 3.12. The summed E-state index contributed by atoms with van der Waals surface area (Å²) in [5.74, 6) is 1.43. The van der Waals surface area contributed by atoms with Crippen LogP contribution >= 0.6 is 23.2 Å². The summed E-state index contributed by atoms with van der Waals surface area (Å²) >= 11 is 11.8. The van der Waals surface area contributed by atoms with Crippen molar-refractivity contribution in [3.63, 3.8) is 0 Å². The molecule has 1 heterocycles. The zero-order valence-electron chi connectivity index (χ0n) is 15.5. The quantitative estimate of drug-likeness (QED) is 0.369. The van der Waals surface area contributed by atoms with Crippen LogP contribution in [0.15, 0.2) is 33.8 Å². The van der Waals surface area contributed by atoms with Crippen LogP contribution < -0.4 is 16.0 Å². The van der Waals surface area contributed by atoms with Crippen molar-refractivity contribution in [3.05, 3.63) is 51.3 Å². The summed E-state index contributed by atoms with van der Waals surface area (Å²) in [6.07, 6.45) is 0. The van der Waals surface area contributed by atoms with Gasteiger partial charge in [-0.25, -0.2) is 0 Å². The van der Waals surface area contributed by atoms with Crippen molar-refractivity contribution in [1.29, 1.82) is 0 Å². The van der Waals surface area contributed by atoms with Crippen LogP contribution in [0.1, 0.15) is 41.6 Å². The zero-order valence-corrected chi connectivity index (χ0v) is 17.0. The van der Waals surface area contributed by atoms with Gasteiger partial charge in [-0.1, -0.05) is 42.2 Å². The van der Waals surface area contributed by atoms with E-state index >= 15 is 0 Å². The van der Waals surface area contributed by atoms with Crippen LogP contribution in [-0.4, -0.2) is 37.2 Å². The van der Waals surface area contributed by atoms with Gasteiger partial charge < -0.3 is 20.5 Å². The van der Waals surface area contributed by atoms with E-state index in [9.17, 15) is 4.79 Å². The topological polar surface area (TPSA) is 91.5 Å². The summed E-state index contributed by atoms with van der Waals surface area (Å²) in [4.78, 5) is 16.2. The van der Waals surface area contributed by atoms with E-state index in [1.165, 1.54) is 6.07 Å². The van der Waals surface area contributed by atoms with Gasteiger partial charge in [0.25, 0.3) is 5.91 Å². The summed E-state index contributed by atoms with van der Waals surface area (Å²) in [5.41, 5.74) is 1.37. The van der Waals surface area contributed by atoms with Crippen molar-refractivity contribution in [2.45, 2.75) is 26.3 Å². The number of rotatable bonds is 7. The summed E-state index contributed by atoms with van der Waals surface area (Å²) in [6, 6.07) is 6.68. The molecule has 0 aliphatic carbocycles. The molecule has 0 unspecified atom stereocenters. The first-order chi connectivity index (χ1) is 12.9. The zero-order chi connectivity index (χ0) is 19.8. The fourth-order valence-corrected chi connectivity index (χ4v) is 2.47. The molecule has 0 aliphatic heterocycles. The van der Waals surface area contributed by atoms with Gasteiger partial charge in [0.2, 0.25) is 0 Å². The van der Waals surface area contributed by atoms with Crippen LogP contribution in [0.4, 0.5) is 0 Å². The third-order valence-electron chi connectivity index (χ3n) is 3.71. The molecule has 0 saturated heterocycles. The summed E-state index contributed by atoms with van der Waals surface area (Å²) in [5, 5.41) is 13.8. The lowest BCUT2D eigenvalue weighted by Gasteiger charge is -2.11. The second kappa shape index (κ2) is 10.2. The molecule has 146 valence electrons. The van der Waals surface area contributed by atoms with E-state index in [0.717, 1.165) is 11.5 Å². The second-order valence-corrected chi connectivity index (χ2v) is 6.92. The number of nitrogens with one attached hydrogen (secondary N) is 3. The van der Waals surface area contributed by atoms with E-state index < -0.39 is 0 Å². The summed E-state index contributed by atoms with van der Waals surface area (Å²) in [7, 11) is 1.67. The minimum Gasteiger partial charge on any atom is -0.359 e.